The van der Waals surface area contributed by atoms with Crippen LogP contribution in [-0.2, 0) is 113 Å². The van der Waals surface area contributed by atoms with E-state index in [1.54, 1.807) is 100 Å². The van der Waals surface area contributed by atoms with Gasteiger partial charge in [0.1, 0.15) is 0 Å². The van der Waals surface area contributed by atoms with E-state index in [0.29, 0.717) is 38.0 Å². The molecule has 1 aliphatic carbocycles. The number of aliphatic hydroxyl groups is 10. The van der Waals surface area contributed by atoms with Crippen molar-refractivity contribution in [1.29, 1.82) is 0 Å². The van der Waals surface area contributed by atoms with Crippen LogP contribution < -0.4 is 0 Å². The standard InChI is InChI=1S/C20H17N2.C16H11N2.C14H15N2.C12H11N2.C11H9N2.5C5H12O2.5Ir/c1-3-9-15(10-4-1)19-20(16-11-5-2-6-12-16)22-18-14-8-7-13-17(18)21-19;1-3-7-13(8-4-1)15-16(18-12-11-17-15)14-9-5-2-6-10-14;1-10(2)13-9-15-14(11(3)16-13)12-7-5-4-6-8-12;1-9-8-13-12(10(2)14-9)11-6-4-3-5-7-11;1-9-11(13-8-7-12-9)10-5-3-2-4-6-10;5*1-4(6)3-5(2)7;;;;;/h1-6,9-11H,7-8,13-14H2;1-9,11-12H;4-7,9-10H,1-3H3;3-6,8H,1-2H3;2-5,7-8H,1H3;5*4-7H,3H2,1-2H3;;;;;/q5*-1;;;;;;;;;;. The summed E-state index contributed by atoms with van der Waals surface area (Å²) in [6.07, 6.45) is 13.6. The van der Waals surface area contributed by atoms with E-state index in [-0.39, 0.29) is 162 Å². The molecule has 5 heterocycles. The maximum absolute atomic E-state index is 8.56. The van der Waals surface area contributed by atoms with Gasteiger partial charge in [-0.3, -0.25) is 29.9 Å². The van der Waals surface area contributed by atoms with Gasteiger partial charge >= 0.3 is 0 Å². The number of nitrogens with zero attached hydrogens (tertiary/aromatic N) is 10. The molecule has 0 saturated carbocycles. The van der Waals surface area contributed by atoms with E-state index in [0.717, 1.165) is 126 Å². The second-order valence-electron chi connectivity index (χ2n) is 29.4. The van der Waals surface area contributed by atoms with Gasteiger partial charge in [-0.1, -0.05) is 74.5 Å². The first kappa shape index (κ1) is 118. The molecule has 10 N–H and O–H groups in total. The summed E-state index contributed by atoms with van der Waals surface area (Å²) < 4.78 is 0. The van der Waals surface area contributed by atoms with Gasteiger partial charge in [0.15, 0.2) is 0 Å². The number of hydrogen-bond donors (Lipinski definition) is 10. The van der Waals surface area contributed by atoms with Crippen molar-refractivity contribution in [2.24, 2.45) is 0 Å². The molecule has 10 atom stereocenters. The maximum Gasteiger partial charge on any atom is 0.0607 e. The Labute approximate surface area is 798 Å². The van der Waals surface area contributed by atoms with Gasteiger partial charge in [-0.2, -0.15) is 0 Å². The van der Waals surface area contributed by atoms with Gasteiger partial charge in [0, 0.05) is 183 Å². The molecule has 675 valence electrons. The largest absolute Gasteiger partial charge is 0.393 e. The third-order valence-corrected chi connectivity index (χ3v) is 16.7. The molecule has 10 unspecified atom stereocenters. The van der Waals surface area contributed by atoms with E-state index in [1.807, 2.05) is 186 Å². The molecule has 13 rings (SSSR count). The second-order valence-corrected chi connectivity index (χ2v) is 29.4. The van der Waals surface area contributed by atoms with Gasteiger partial charge in [0.05, 0.1) is 95.2 Å². The Morgan fingerprint density at radius 3 is 0.829 bits per heavy atom. The molecule has 12 aromatic rings. The summed E-state index contributed by atoms with van der Waals surface area (Å²) in [4.78, 5) is 45.0. The summed E-state index contributed by atoms with van der Waals surface area (Å²) in [6, 6.07) is 75.6. The number of benzene rings is 7. The van der Waals surface area contributed by atoms with E-state index in [2.05, 4.69) is 114 Å². The number of aryl methyl sites for hydroxylation is 6. The van der Waals surface area contributed by atoms with Crippen LogP contribution >= 0.6 is 0 Å². The molecular formula is C98H123Ir5N10O10-5. The first-order chi connectivity index (χ1) is 56.3. The molecule has 1 aliphatic rings. The van der Waals surface area contributed by atoms with Crippen LogP contribution in [0.2, 0.25) is 0 Å². The predicted molar refractivity (Wildman–Crippen MR) is 472 cm³/mol. The zero-order valence-electron chi connectivity index (χ0n) is 73.1. The molecule has 5 radical (unpaired) electrons. The zero-order valence-corrected chi connectivity index (χ0v) is 85.1. The molecule has 25 heteroatoms. The summed E-state index contributed by atoms with van der Waals surface area (Å²) in [6.45, 7) is 28.7. The van der Waals surface area contributed by atoms with Crippen molar-refractivity contribution in [3.8, 4) is 78.8 Å². The monoisotopic (exact) mass is 2560 g/mol. The Bertz CT molecular complexity index is 4400. The van der Waals surface area contributed by atoms with Crippen molar-refractivity contribution in [2.75, 3.05) is 0 Å². The Balaban J connectivity index is 0. The predicted octanol–water partition coefficient (Wildman–Crippen LogP) is 17.0. The van der Waals surface area contributed by atoms with Crippen LogP contribution in [0.5, 0.6) is 0 Å². The summed E-state index contributed by atoms with van der Waals surface area (Å²) in [5.74, 6) is 0.417. The number of aliphatic hydroxyl groups excluding tert-OH is 10. The molecule has 0 fully saturated rings. The molecule has 0 bridgehead atoms. The van der Waals surface area contributed by atoms with E-state index in [1.165, 1.54) is 18.5 Å². The van der Waals surface area contributed by atoms with Crippen LogP contribution in [0, 0.1) is 58.0 Å². The molecular weight excluding hydrogens is 2440 g/mol. The van der Waals surface area contributed by atoms with Gasteiger partial charge < -0.3 is 71.0 Å². The third kappa shape index (κ3) is 49.5. The Hall–Kier alpha value is -7.21. The molecule has 0 saturated heterocycles. The van der Waals surface area contributed by atoms with E-state index in [9.17, 15) is 0 Å². The van der Waals surface area contributed by atoms with Crippen molar-refractivity contribution in [3.05, 3.63) is 289 Å². The van der Waals surface area contributed by atoms with Gasteiger partial charge in [0.25, 0.3) is 0 Å². The fourth-order valence-electron chi connectivity index (χ4n) is 11.6. The van der Waals surface area contributed by atoms with E-state index in [4.69, 9.17) is 61.0 Å². The summed E-state index contributed by atoms with van der Waals surface area (Å²) in [5.41, 5.74) is 20.8. The topological polar surface area (TPSA) is 331 Å². The Morgan fingerprint density at radius 1 is 0.268 bits per heavy atom. The van der Waals surface area contributed by atoms with Crippen molar-refractivity contribution in [1.82, 2.24) is 49.8 Å². The normalized spacial score (nSPS) is 12.9. The molecule has 0 amide bonds. The molecule has 0 aliphatic heterocycles. The first-order valence-electron chi connectivity index (χ1n) is 40.2. The van der Waals surface area contributed by atoms with Gasteiger partial charge in [-0.25, -0.2) is 0 Å². The fourth-order valence-corrected chi connectivity index (χ4v) is 11.6. The first-order valence-corrected chi connectivity index (χ1v) is 40.2. The zero-order chi connectivity index (χ0) is 86.9. The van der Waals surface area contributed by atoms with Crippen LogP contribution in [0.15, 0.2) is 219 Å². The molecule has 7 aromatic carbocycles. The number of rotatable bonds is 18. The molecule has 123 heavy (non-hydrogen) atoms. The Kier molecular flexibility index (Phi) is 64.3. The number of aromatic nitrogens is 10. The fraction of sp³-hybridized carbons (Fsp3) is 0.367. The van der Waals surface area contributed by atoms with Gasteiger partial charge in [-0.05, 0) is 172 Å². The van der Waals surface area contributed by atoms with Crippen LogP contribution in [0.1, 0.15) is 174 Å². The Morgan fingerprint density at radius 2 is 0.537 bits per heavy atom. The number of fused-ring (bicyclic) bond motifs is 1. The van der Waals surface area contributed by atoms with Crippen LogP contribution in [-0.4, -0.2) is 162 Å². The van der Waals surface area contributed by atoms with Crippen molar-refractivity contribution in [2.45, 2.75) is 236 Å². The van der Waals surface area contributed by atoms with E-state index >= 15 is 0 Å². The van der Waals surface area contributed by atoms with Crippen LogP contribution in [0.3, 0.4) is 0 Å². The minimum Gasteiger partial charge on any atom is -0.393 e. The third-order valence-electron chi connectivity index (χ3n) is 16.7. The van der Waals surface area contributed by atoms with Crippen molar-refractivity contribution >= 4 is 0 Å². The van der Waals surface area contributed by atoms with Crippen LogP contribution in [0.25, 0.3) is 78.8 Å². The molecule has 5 aromatic heterocycles. The van der Waals surface area contributed by atoms with E-state index < -0.39 is 0 Å². The van der Waals surface area contributed by atoms with Crippen molar-refractivity contribution < 1.29 is 152 Å². The molecule has 20 nitrogen and oxygen atoms in total. The number of hydrogen-bond acceptors (Lipinski definition) is 20. The average Bonchev–Trinajstić information content (AvgIpc) is 0.771. The SMILES string of the molecule is CC(O)CC(C)O.CC(O)CC(C)O.CC(O)CC(C)O.CC(O)CC(C)O.CC(O)CC(C)O.Cc1cnc(-c2[c-]cccc2)c(C)n1.Cc1nc(C(C)C)cnc1-c1[c-]cccc1.Cc1nccnc1-c1[c-]cccc1.[Ir].[Ir].[Ir].[Ir].[Ir].[c-]1ccccc1-c1nc2c(nc1-c1ccccc1)CCCC2.[c-]1ccccc1-c1nccnc1-c1ccccc1. The average molecular weight is 2560 g/mol. The van der Waals surface area contributed by atoms with Gasteiger partial charge in [-0.15, -0.1) is 179 Å². The van der Waals surface area contributed by atoms with Crippen LogP contribution in [0.4, 0.5) is 0 Å². The quantitative estimate of drug-likeness (QED) is 0.0357. The minimum absolute atomic E-state index is 0. The van der Waals surface area contributed by atoms with Gasteiger partial charge in [0.2, 0.25) is 0 Å². The summed E-state index contributed by atoms with van der Waals surface area (Å²) in [5, 5.41) is 85.6. The summed E-state index contributed by atoms with van der Waals surface area (Å²) >= 11 is 0. The molecule has 0 spiro atoms. The summed E-state index contributed by atoms with van der Waals surface area (Å²) in [7, 11) is 0. The maximum atomic E-state index is 8.56. The smallest absolute Gasteiger partial charge is 0.0607 e. The second kappa shape index (κ2) is 67.1. The van der Waals surface area contributed by atoms with Crippen molar-refractivity contribution in [3.63, 3.8) is 0 Å². The minimum atomic E-state index is -0.375.